The minimum Gasteiger partial charge on any atom is -0.358 e. The van der Waals surface area contributed by atoms with Crippen molar-refractivity contribution in [1.29, 1.82) is 5.41 Å². The molecule has 0 aromatic heterocycles. The van der Waals surface area contributed by atoms with E-state index >= 15 is 0 Å². The molecule has 3 nitrogen and oxygen atoms in total. The van der Waals surface area contributed by atoms with Crippen molar-refractivity contribution in [1.82, 2.24) is 0 Å². The summed E-state index contributed by atoms with van der Waals surface area (Å²) in [5.41, 5.74) is 2.22. The Kier molecular flexibility index (Phi) is 5.14. The Labute approximate surface area is 102 Å². The van der Waals surface area contributed by atoms with Crippen molar-refractivity contribution in [2.75, 3.05) is 5.32 Å². The van der Waals surface area contributed by atoms with Crippen LogP contribution in [0.2, 0.25) is 0 Å². The van der Waals surface area contributed by atoms with E-state index in [4.69, 9.17) is 5.41 Å². The SMILES string of the molecule is CCC/C(Nc1ccccc1)=C(/C=N)C(C)=O. The van der Waals surface area contributed by atoms with Gasteiger partial charge >= 0.3 is 0 Å². The lowest BCUT2D eigenvalue weighted by molar-refractivity contribution is -0.113. The topological polar surface area (TPSA) is 53.0 Å². The fourth-order valence-electron chi connectivity index (χ4n) is 1.61. The van der Waals surface area contributed by atoms with E-state index in [9.17, 15) is 4.79 Å². The van der Waals surface area contributed by atoms with Gasteiger partial charge in [0.05, 0.1) is 5.57 Å². The first kappa shape index (κ1) is 13.2. The van der Waals surface area contributed by atoms with Crippen LogP contribution in [0.3, 0.4) is 0 Å². The molecule has 0 atom stereocenters. The summed E-state index contributed by atoms with van der Waals surface area (Å²) in [6.45, 7) is 3.54. The molecule has 90 valence electrons. The summed E-state index contributed by atoms with van der Waals surface area (Å²) < 4.78 is 0. The largest absolute Gasteiger partial charge is 0.358 e. The molecule has 0 unspecified atom stereocenters. The zero-order valence-corrected chi connectivity index (χ0v) is 10.3. The number of benzene rings is 1. The van der Waals surface area contributed by atoms with Crippen molar-refractivity contribution in [3.05, 3.63) is 41.6 Å². The number of rotatable bonds is 6. The van der Waals surface area contributed by atoms with Gasteiger partial charge in [-0.2, -0.15) is 0 Å². The van der Waals surface area contributed by atoms with E-state index in [1.165, 1.54) is 6.92 Å². The number of anilines is 1. The summed E-state index contributed by atoms with van der Waals surface area (Å²) in [5.74, 6) is -0.0770. The Hall–Kier alpha value is -1.90. The maximum atomic E-state index is 11.4. The Morgan fingerprint density at radius 2 is 2.00 bits per heavy atom. The van der Waals surface area contributed by atoms with Gasteiger partial charge < -0.3 is 10.7 Å². The summed E-state index contributed by atoms with van der Waals surface area (Å²) in [6.07, 6.45) is 2.82. The normalized spacial score (nSPS) is 11.6. The monoisotopic (exact) mass is 230 g/mol. The fraction of sp³-hybridized carbons (Fsp3) is 0.286. The number of carbonyl (C=O) groups excluding carboxylic acids is 1. The molecule has 0 fully saturated rings. The number of hydrogen-bond acceptors (Lipinski definition) is 3. The van der Waals surface area contributed by atoms with Crippen molar-refractivity contribution in [3.63, 3.8) is 0 Å². The Morgan fingerprint density at radius 3 is 2.47 bits per heavy atom. The predicted octanol–water partition coefficient (Wildman–Crippen LogP) is 3.39. The average Bonchev–Trinajstić information content (AvgIpc) is 2.31. The molecule has 1 rings (SSSR count). The summed E-state index contributed by atoms with van der Waals surface area (Å²) in [4.78, 5) is 11.4. The first-order valence-electron chi connectivity index (χ1n) is 5.75. The van der Waals surface area contributed by atoms with Gasteiger partial charge in [-0.3, -0.25) is 4.79 Å². The Bertz CT molecular complexity index is 421. The van der Waals surface area contributed by atoms with Gasteiger partial charge in [0, 0.05) is 17.6 Å². The summed E-state index contributed by atoms with van der Waals surface area (Å²) in [6, 6.07) is 9.69. The van der Waals surface area contributed by atoms with Crippen LogP contribution in [0.4, 0.5) is 5.69 Å². The van der Waals surface area contributed by atoms with Gasteiger partial charge in [0.25, 0.3) is 0 Å². The second-order valence-electron chi connectivity index (χ2n) is 3.83. The number of nitrogens with one attached hydrogen (secondary N) is 2. The highest BCUT2D eigenvalue weighted by molar-refractivity contribution is 6.12. The van der Waals surface area contributed by atoms with Crippen LogP contribution in [0, 0.1) is 5.41 Å². The highest BCUT2D eigenvalue weighted by atomic mass is 16.1. The molecule has 1 aromatic carbocycles. The zero-order valence-electron chi connectivity index (χ0n) is 10.3. The number of hydrogen-bond donors (Lipinski definition) is 2. The van der Waals surface area contributed by atoms with Crippen LogP contribution in [0.1, 0.15) is 26.7 Å². The van der Waals surface area contributed by atoms with Crippen molar-refractivity contribution in [2.45, 2.75) is 26.7 Å². The molecule has 0 aliphatic carbocycles. The number of carbonyl (C=O) groups is 1. The molecular weight excluding hydrogens is 212 g/mol. The maximum absolute atomic E-state index is 11.4. The lowest BCUT2D eigenvalue weighted by Gasteiger charge is -2.12. The Morgan fingerprint density at radius 1 is 1.35 bits per heavy atom. The summed E-state index contributed by atoms with van der Waals surface area (Å²) in [5, 5.41) is 10.5. The average molecular weight is 230 g/mol. The quantitative estimate of drug-likeness (QED) is 0.581. The van der Waals surface area contributed by atoms with Gasteiger partial charge in [-0.1, -0.05) is 31.5 Å². The Balaban J connectivity index is 3.01. The van der Waals surface area contributed by atoms with Gasteiger partial charge in [-0.05, 0) is 25.5 Å². The molecule has 0 amide bonds. The van der Waals surface area contributed by atoms with Crippen molar-refractivity contribution in [2.24, 2.45) is 0 Å². The molecule has 0 saturated heterocycles. The molecule has 0 aliphatic rings. The molecule has 0 radical (unpaired) electrons. The fourth-order valence-corrected chi connectivity index (χ4v) is 1.61. The van der Waals surface area contributed by atoms with Gasteiger partial charge in [-0.15, -0.1) is 0 Å². The van der Waals surface area contributed by atoms with Crippen LogP contribution in [-0.2, 0) is 4.79 Å². The van der Waals surface area contributed by atoms with E-state index < -0.39 is 0 Å². The predicted molar refractivity (Wildman–Crippen MR) is 71.5 cm³/mol. The van der Waals surface area contributed by atoms with Crippen molar-refractivity contribution in [3.8, 4) is 0 Å². The lowest BCUT2D eigenvalue weighted by atomic mass is 10.1. The molecule has 3 heteroatoms. The zero-order chi connectivity index (χ0) is 12.7. The van der Waals surface area contributed by atoms with Crippen LogP contribution < -0.4 is 5.32 Å². The van der Waals surface area contributed by atoms with Crippen LogP contribution >= 0.6 is 0 Å². The van der Waals surface area contributed by atoms with E-state index in [1.54, 1.807) is 0 Å². The summed E-state index contributed by atoms with van der Waals surface area (Å²) in [7, 11) is 0. The third-order valence-corrected chi connectivity index (χ3v) is 2.42. The highest BCUT2D eigenvalue weighted by Gasteiger charge is 2.08. The van der Waals surface area contributed by atoms with E-state index in [1.807, 2.05) is 37.3 Å². The number of para-hydroxylation sites is 1. The molecular formula is C14H18N2O. The number of ketones is 1. The molecule has 2 N–H and O–H groups in total. The second kappa shape index (κ2) is 6.63. The van der Waals surface area contributed by atoms with E-state index in [2.05, 4.69) is 5.32 Å². The van der Waals surface area contributed by atoms with Crippen LogP contribution in [0.15, 0.2) is 41.6 Å². The minimum absolute atomic E-state index is 0.0770. The molecule has 0 aliphatic heterocycles. The minimum atomic E-state index is -0.0770. The van der Waals surface area contributed by atoms with Gasteiger partial charge in [0.2, 0.25) is 0 Å². The maximum Gasteiger partial charge on any atom is 0.163 e. The van der Waals surface area contributed by atoms with Crippen LogP contribution in [0.25, 0.3) is 0 Å². The van der Waals surface area contributed by atoms with Gasteiger partial charge in [0.1, 0.15) is 0 Å². The molecule has 0 saturated carbocycles. The van der Waals surface area contributed by atoms with Crippen molar-refractivity contribution < 1.29 is 4.79 Å². The molecule has 0 spiro atoms. The van der Waals surface area contributed by atoms with Crippen LogP contribution in [0.5, 0.6) is 0 Å². The second-order valence-corrected chi connectivity index (χ2v) is 3.83. The molecule has 0 heterocycles. The van der Waals surface area contributed by atoms with Crippen molar-refractivity contribution >= 4 is 17.7 Å². The summed E-state index contributed by atoms with van der Waals surface area (Å²) >= 11 is 0. The molecule has 17 heavy (non-hydrogen) atoms. The van der Waals surface area contributed by atoms with E-state index in [0.29, 0.717) is 5.57 Å². The van der Waals surface area contributed by atoms with E-state index in [-0.39, 0.29) is 5.78 Å². The molecule has 0 bridgehead atoms. The smallest absolute Gasteiger partial charge is 0.163 e. The van der Waals surface area contributed by atoms with Crippen LogP contribution in [-0.4, -0.2) is 12.0 Å². The number of Topliss-reactive ketones (excluding diaryl/α,β-unsaturated/α-hetero) is 1. The lowest BCUT2D eigenvalue weighted by Crippen LogP contribution is -2.10. The molecule has 1 aromatic rings. The standard InChI is InChI=1S/C14H18N2O/c1-3-7-14(13(10-15)11(2)17)16-12-8-5-4-6-9-12/h4-6,8-10,15-16H,3,7H2,1-2H3/b14-13+,15-10?. The number of allylic oxidation sites excluding steroid dienone is 2. The third-order valence-electron chi connectivity index (χ3n) is 2.42. The third kappa shape index (κ3) is 3.87. The first-order valence-corrected chi connectivity index (χ1v) is 5.75. The first-order chi connectivity index (χ1) is 8.19. The van der Waals surface area contributed by atoms with Gasteiger partial charge in [-0.25, -0.2) is 0 Å². The van der Waals surface area contributed by atoms with Gasteiger partial charge in [0.15, 0.2) is 5.78 Å². The highest BCUT2D eigenvalue weighted by Crippen LogP contribution is 2.16. The van der Waals surface area contributed by atoms with E-state index in [0.717, 1.165) is 30.4 Å².